The molecule has 0 bridgehead atoms. The number of nitrogens with zero attached hydrogens (tertiary/aromatic N) is 4. The first-order valence-electron chi connectivity index (χ1n) is 9.65. The van der Waals surface area contributed by atoms with Gasteiger partial charge in [-0.2, -0.15) is 10.1 Å². The van der Waals surface area contributed by atoms with Gasteiger partial charge >= 0.3 is 0 Å². The van der Waals surface area contributed by atoms with Gasteiger partial charge in [0.15, 0.2) is 16.4 Å². The number of rotatable bonds is 7. The van der Waals surface area contributed by atoms with Gasteiger partial charge in [0.2, 0.25) is 11.9 Å². The van der Waals surface area contributed by atoms with Gasteiger partial charge in [0.25, 0.3) is 0 Å². The Kier molecular flexibility index (Phi) is 5.99. The van der Waals surface area contributed by atoms with Crippen molar-refractivity contribution in [2.45, 2.75) is 13.5 Å². The molecule has 0 saturated carbocycles. The molecule has 10 nitrogen and oxygen atoms in total. The maximum Gasteiger partial charge on any atom is 0.249 e. The van der Waals surface area contributed by atoms with Crippen LogP contribution in [0.3, 0.4) is 0 Å². The molecule has 4 rings (SSSR count). The number of aromatic nitrogens is 6. The molecule has 0 aliphatic heterocycles. The summed E-state index contributed by atoms with van der Waals surface area (Å²) in [6, 6.07) is 13.1. The van der Waals surface area contributed by atoms with Crippen LogP contribution in [-0.2, 0) is 11.3 Å². The van der Waals surface area contributed by atoms with Crippen LogP contribution in [0.5, 0.6) is 11.5 Å². The second kappa shape index (κ2) is 9.02. The zero-order valence-electron chi connectivity index (χ0n) is 17.7. The molecule has 0 fully saturated rings. The van der Waals surface area contributed by atoms with Gasteiger partial charge in [-0.1, -0.05) is 29.8 Å². The summed E-state index contributed by atoms with van der Waals surface area (Å²) >= 11 is 5.30. The molecule has 2 aromatic carbocycles. The summed E-state index contributed by atoms with van der Waals surface area (Å²) in [5, 5.41) is 16.6. The van der Waals surface area contributed by atoms with Crippen LogP contribution < -0.4 is 14.8 Å². The summed E-state index contributed by atoms with van der Waals surface area (Å²) in [5.41, 5.74) is 2.66. The lowest BCUT2D eigenvalue weighted by Crippen LogP contribution is -2.20. The van der Waals surface area contributed by atoms with Gasteiger partial charge in [0, 0.05) is 11.6 Å². The lowest BCUT2D eigenvalue weighted by Gasteiger charge is -2.08. The van der Waals surface area contributed by atoms with Crippen LogP contribution in [0.25, 0.3) is 22.8 Å². The summed E-state index contributed by atoms with van der Waals surface area (Å²) in [6.45, 7) is 1.95. The zero-order valence-corrected chi connectivity index (χ0v) is 18.5. The second-order valence-electron chi connectivity index (χ2n) is 6.93. The van der Waals surface area contributed by atoms with E-state index >= 15 is 0 Å². The molecule has 0 saturated heterocycles. The maximum absolute atomic E-state index is 12.7. The van der Waals surface area contributed by atoms with E-state index in [2.05, 4.69) is 30.7 Å². The molecule has 1 amide bonds. The minimum atomic E-state index is -0.344. The molecular formula is C21H21N7O3S. The van der Waals surface area contributed by atoms with E-state index < -0.39 is 0 Å². The van der Waals surface area contributed by atoms with E-state index in [4.69, 9.17) is 21.7 Å². The highest BCUT2D eigenvalue weighted by atomic mass is 32.1. The van der Waals surface area contributed by atoms with Crippen LogP contribution in [0.2, 0.25) is 0 Å². The SMILES string of the molecule is COc1ccc(-c2nc(NC(=O)Cn3c(-c4ccc(C)cc4)n[nH]c3=S)n[nH]2)c(OC)c1. The van der Waals surface area contributed by atoms with Crippen molar-refractivity contribution in [3.63, 3.8) is 0 Å². The molecule has 0 spiro atoms. The summed E-state index contributed by atoms with van der Waals surface area (Å²) in [6.07, 6.45) is 0. The van der Waals surface area contributed by atoms with Crippen LogP contribution >= 0.6 is 12.2 Å². The smallest absolute Gasteiger partial charge is 0.249 e. The molecule has 0 radical (unpaired) electrons. The minimum absolute atomic E-state index is 0.0473. The van der Waals surface area contributed by atoms with Crippen molar-refractivity contribution in [1.82, 2.24) is 29.9 Å². The number of nitrogens with one attached hydrogen (secondary N) is 3. The third-order valence-corrected chi connectivity index (χ3v) is 5.08. The predicted molar refractivity (Wildman–Crippen MR) is 121 cm³/mol. The first-order chi connectivity index (χ1) is 15.5. The highest BCUT2D eigenvalue weighted by molar-refractivity contribution is 7.71. The lowest BCUT2D eigenvalue weighted by atomic mass is 10.1. The molecule has 32 heavy (non-hydrogen) atoms. The Morgan fingerprint density at radius 3 is 2.59 bits per heavy atom. The number of aromatic amines is 2. The van der Waals surface area contributed by atoms with Crippen LogP contribution in [0.15, 0.2) is 42.5 Å². The van der Waals surface area contributed by atoms with Crippen molar-refractivity contribution in [2.24, 2.45) is 0 Å². The molecule has 11 heteroatoms. The number of aryl methyl sites for hydroxylation is 1. The third-order valence-electron chi connectivity index (χ3n) is 4.77. The molecule has 0 aliphatic carbocycles. The van der Waals surface area contributed by atoms with E-state index in [1.165, 1.54) is 0 Å². The van der Waals surface area contributed by atoms with Crippen LogP contribution in [0.1, 0.15) is 5.56 Å². The van der Waals surface area contributed by atoms with Crippen molar-refractivity contribution in [2.75, 3.05) is 19.5 Å². The second-order valence-corrected chi connectivity index (χ2v) is 7.31. The summed E-state index contributed by atoms with van der Waals surface area (Å²) in [5.74, 6) is 2.02. The molecule has 4 aromatic rings. The standard InChI is InChI=1S/C21H21N7O3S/c1-12-4-6-13(7-5-12)19-25-27-21(32)28(19)11-17(29)22-20-23-18(24-26-20)15-9-8-14(30-2)10-16(15)31-3/h4-10H,11H2,1-3H3,(H,27,32)(H2,22,23,24,26,29). The van der Waals surface area contributed by atoms with E-state index in [-0.39, 0.29) is 18.4 Å². The predicted octanol–water partition coefficient (Wildman–Crippen LogP) is 3.36. The van der Waals surface area contributed by atoms with Crippen molar-refractivity contribution in [3.8, 4) is 34.3 Å². The van der Waals surface area contributed by atoms with Crippen LogP contribution in [0, 0.1) is 11.7 Å². The highest BCUT2D eigenvalue weighted by Gasteiger charge is 2.16. The highest BCUT2D eigenvalue weighted by Crippen LogP contribution is 2.31. The van der Waals surface area contributed by atoms with Gasteiger partial charge in [0.05, 0.1) is 19.8 Å². The summed E-state index contributed by atoms with van der Waals surface area (Å²) < 4.78 is 12.6. The number of carbonyl (C=O) groups is 1. The Morgan fingerprint density at radius 2 is 1.88 bits per heavy atom. The fourth-order valence-corrected chi connectivity index (χ4v) is 3.32. The first-order valence-corrected chi connectivity index (χ1v) is 10.1. The molecule has 2 heterocycles. The van der Waals surface area contributed by atoms with Crippen molar-refractivity contribution in [3.05, 3.63) is 52.8 Å². The lowest BCUT2D eigenvalue weighted by molar-refractivity contribution is -0.116. The number of hydrogen-bond donors (Lipinski definition) is 3. The monoisotopic (exact) mass is 451 g/mol. The fourth-order valence-electron chi connectivity index (χ4n) is 3.13. The molecule has 2 aromatic heterocycles. The quantitative estimate of drug-likeness (QED) is 0.368. The number of benzene rings is 2. The molecule has 0 atom stereocenters. The number of methoxy groups -OCH3 is 2. The number of amides is 1. The number of carbonyl (C=O) groups excluding carboxylic acids is 1. The van der Waals surface area contributed by atoms with E-state index in [9.17, 15) is 4.79 Å². The van der Waals surface area contributed by atoms with Crippen molar-refractivity contribution < 1.29 is 14.3 Å². The van der Waals surface area contributed by atoms with E-state index in [0.29, 0.717) is 33.5 Å². The van der Waals surface area contributed by atoms with Gasteiger partial charge in [0.1, 0.15) is 18.0 Å². The summed E-state index contributed by atoms with van der Waals surface area (Å²) in [7, 11) is 3.13. The van der Waals surface area contributed by atoms with Gasteiger partial charge in [-0.25, -0.2) is 0 Å². The van der Waals surface area contributed by atoms with E-state index in [1.807, 2.05) is 31.2 Å². The largest absolute Gasteiger partial charge is 0.497 e. The van der Waals surface area contributed by atoms with Crippen molar-refractivity contribution in [1.29, 1.82) is 0 Å². The third kappa shape index (κ3) is 4.37. The van der Waals surface area contributed by atoms with Gasteiger partial charge < -0.3 is 9.47 Å². The van der Waals surface area contributed by atoms with Crippen molar-refractivity contribution >= 4 is 24.1 Å². The number of H-pyrrole nitrogens is 2. The molecule has 0 aliphatic rings. The first kappa shape index (κ1) is 21.2. The average Bonchev–Trinajstić information content (AvgIpc) is 3.40. The molecule has 0 unspecified atom stereocenters. The molecule has 3 N–H and O–H groups in total. The number of anilines is 1. The van der Waals surface area contributed by atoms with Crippen LogP contribution in [-0.4, -0.2) is 50.1 Å². The average molecular weight is 452 g/mol. The topological polar surface area (TPSA) is 123 Å². The summed E-state index contributed by atoms with van der Waals surface area (Å²) in [4.78, 5) is 17.0. The molecular weight excluding hydrogens is 430 g/mol. The Hall–Kier alpha value is -3.99. The Morgan fingerprint density at radius 1 is 1.09 bits per heavy atom. The van der Waals surface area contributed by atoms with E-state index in [1.54, 1.807) is 37.0 Å². The normalized spacial score (nSPS) is 10.7. The number of ether oxygens (including phenoxy) is 2. The Labute approximate surface area is 188 Å². The Bertz CT molecular complexity index is 1310. The van der Waals surface area contributed by atoms with Gasteiger partial charge in [-0.3, -0.25) is 24.9 Å². The van der Waals surface area contributed by atoms with Gasteiger partial charge in [-0.05, 0) is 31.3 Å². The van der Waals surface area contributed by atoms with E-state index in [0.717, 1.165) is 11.1 Å². The Balaban J connectivity index is 1.51. The fraction of sp³-hybridized carbons (Fsp3) is 0.190. The van der Waals surface area contributed by atoms with Crippen LogP contribution in [0.4, 0.5) is 5.95 Å². The van der Waals surface area contributed by atoms with Gasteiger partial charge in [-0.15, -0.1) is 5.10 Å². The minimum Gasteiger partial charge on any atom is -0.497 e. The zero-order chi connectivity index (χ0) is 22.7. The maximum atomic E-state index is 12.7. The molecule has 164 valence electrons. The number of hydrogen-bond acceptors (Lipinski definition) is 7.